The van der Waals surface area contributed by atoms with Gasteiger partial charge in [-0.15, -0.1) is 0 Å². The van der Waals surface area contributed by atoms with Crippen LogP contribution in [0.3, 0.4) is 0 Å². The van der Waals surface area contributed by atoms with Crippen LogP contribution in [0.25, 0.3) is 0 Å². The van der Waals surface area contributed by atoms with Gasteiger partial charge in [0.1, 0.15) is 18.1 Å². The van der Waals surface area contributed by atoms with Crippen molar-refractivity contribution in [3.63, 3.8) is 0 Å². The van der Waals surface area contributed by atoms with E-state index in [0.29, 0.717) is 31.6 Å². The number of nitrogens with two attached hydrogens (primary N) is 3. The highest BCUT2D eigenvalue weighted by molar-refractivity contribution is 7.98. The summed E-state index contributed by atoms with van der Waals surface area (Å²) in [6, 6.07) is -4.44. The third kappa shape index (κ3) is 12.2. The van der Waals surface area contributed by atoms with E-state index in [1.807, 2.05) is 6.26 Å². The fourth-order valence-electron chi connectivity index (χ4n) is 3.04. The molecule has 0 fully saturated rings. The molecule has 4 amide bonds. The topological polar surface area (TPSA) is 220 Å². The van der Waals surface area contributed by atoms with Gasteiger partial charge in [-0.1, -0.05) is 26.7 Å². The molecule has 0 saturated heterocycles. The smallest absolute Gasteiger partial charge is 0.326 e. The monoisotopic (exact) mass is 504 g/mol. The van der Waals surface area contributed by atoms with Gasteiger partial charge in [-0.05, 0) is 43.7 Å². The molecular formula is C21H40N6O6S. The number of nitrogens with one attached hydrogen (secondary N) is 3. The number of carbonyl (C=O) groups is 5. The molecule has 0 heterocycles. The Hall–Kier alpha value is -2.38. The number of carboxylic acids is 1. The van der Waals surface area contributed by atoms with Crippen molar-refractivity contribution in [3.05, 3.63) is 0 Å². The van der Waals surface area contributed by atoms with Gasteiger partial charge < -0.3 is 38.3 Å². The van der Waals surface area contributed by atoms with Crippen LogP contribution in [0, 0.1) is 5.92 Å². The van der Waals surface area contributed by atoms with Crippen molar-refractivity contribution in [2.24, 2.45) is 23.1 Å². The van der Waals surface area contributed by atoms with Gasteiger partial charge in [-0.25, -0.2) is 4.79 Å². The number of carbonyl (C=O) groups excluding carboxylic acids is 4. The predicted molar refractivity (Wildman–Crippen MR) is 131 cm³/mol. The molecule has 5 atom stereocenters. The lowest BCUT2D eigenvalue weighted by Crippen LogP contribution is -2.58. The average Bonchev–Trinajstić information content (AvgIpc) is 2.78. The average molecular weight is 505 g/mol. The van der Waals surface area contributed by atoms with Crippen LogP contribution in [0.5, 0.6) is 0 Å². The van der Waals surface area contributed by atoms with E-state index in [4.69, 9.17) is 17.2 Å². The Morgan fingerprint density at radius 2 is 1.53 bits per heavy atom. The molecule has 0 aromatic carbocycles. The highest BCUT2D eigenvalue weighted by Gasteiger charge is 2.32. The van der Waals surface area contributed by atoms with Crippen molar-refractivity contribution in [3.8, 4) is 0 Å². The fraction of sp³-hybridized carbons (Fsp3) is 0.762. The quantitative estimate of drug-likeness (QED) is 0.110. The maximum Gasteiger partial charge on any atom is 0.326 e. The molecule has 0 bridgehead atoms. The van der Waals surface area contributed by atoms with E-state index in [2.05, 4.69) is 16.0 Å². The molecule has 12 nitrogen and oxygen atoms in total. The minimum atomic E-state index is -1.40. The zero-order chi connectivity index (χ0) is 26.3. The normalized spacial score (nSPS) is 15.3. The summed E-state index contributed by atoms with van der Waals surface area (Å²) in [4.78, 5) is 61.2. The third-order valence-electron chi connectivity index (χ3n) is 5.36. The van der Waals surface area contributed by atoms with Crippen molar-refractivity contribution in [2.75, 3.05) is 18.6 Å². The second-order valence-electron chi connectivity index (χ2n) is 8.18. The van der Waals surface area contributed by atoms with Gasteiger partial charge in [0.25, 0.3) is 0 Å². The van der Waals surface area contributed by atoms with Gasteiger partial charge in [0, 0.05) is 0 Å². The first-order chi connectivity index (χ1) is 16.0. The molecule has 10 N–H and O–H groups in total. The Bertz CT molecular complexity index is 695. The minimum Gasteiger partial charge on any atom is -0.480 e. The van der Waals surface area contributed by atoms with Crippen LogP contribution in [-0.2, 0) is 24.0 Å². The van der Waals surface area contributed by atoms with Crippen molar-refractivity contribution in [1.29, 1.82) is 0 Å². The van der Waals surface area contributed by atoms with Crippen LogP contribution in [0.15, 0.2) is 0 Å². The Morgan fingerprint density at radius 1 is 0.941 bits per heavy atom. The Labute approximate surface area is 204 Å². The molecule has 0 aromatic rings. The molecule has 0 saturated carbocycles. The number of rotatable bonds is 18. The molecule has 0 rings (SSSR count). The Balaban J connectivity index is 5.44. The minimum absolute atomic E-state index is 0.254. The van der Waals surface area contributed by atoms with E-state index in [0.717, 1.165) is 6.42 Å². The largest absolute Gasteiger partial charge is 0.480 e. The first kappa shape index (κ1) is 31.6. The van der Waals surface area contributed by atoms with Gasteiger partial charge in [0.15, 0.2) is 0 Å². The van der Waals surface area contributed by atoms with E-state index in [-0.39, 0.29) is 12.3 Å². The second-order valence-corrected chi connectivity index (χ2v) is 9.16. The zero-order valence-electron chi connectivity index (χ0n) is 20.2. The van der Waals surface area contributed by atoms with E-state index < -0.39 is 60.2 Å². The molecule has 196 valence electrons. The molecule has 0 aromatic heterocycles. The van der Waals surface area contributed by atoms with E-state index >= 15 is 0 Å². The van der Waals surface area contributed by atoms with Crippen LogP contribution in [0.4, 0.5) is 0 Å². The van der Waals surface area contributed by atoms with Crippen LogP contribution in [-0.4, -0.2) is 77.4 Å². The summed E-state index contributed by atoms with van der Waals surface area (Å²) in [7, 11) is 0. The van der Waals surface area contributed by atoms with Crippen molar-refractivity contribution < 1.29 is 29.1 Å². The molecule has 0 aliphatic rings. The first-order valence-electron chi connectivity index (χ1n) is 11.3. The lowest BCUT2D eigenvalue weighted by atomic mass is 9.98. The molecule has 0 aliphatic heterocycles. The lowest BCUT2D eigenvalue weighted by molar-refractivity contribution is -0.144. The number of amides is 4. The van der Waals surface area contributed by atoms with Gasteiger partial charge >= 0.3 is 5.97 Å². The van der Waals surface area contributed by atoms with Crippen molar-refractivity contribution >= 4 is 41.4 Å². The summed E-state index contributed by atoms with van der Waals surface area (Å²) in [6.45, 7) is 3.91. The van der Waals surface area contributed by atoms with Crippen LogP contribution in [0.2, 0.25) is 0 Å². The molecule has 34 heavy (non-hydrogen) atoms. The fourth-order valence-corrected chi connectivity index (χ4v) is 3.51. The SMILES string of the molecule is CCC(C)C(NC(=O)C(CC(N)=O)NC(=O)C(CCSC)NC(=O)C(N)CCCCN)C(=O)O. The molecule has 0 spiro atoms. The highest BCUT2D eigenvalue weighted by Crippen LogP contribution is 2.09. The third-order valence-corrected chi connectivity index (χ3v) is 6.01. The number of thioether (sulfide) groups is 1. The van der Waals surface area contributed by atoms with Gasteiger partial charge in [0.05, 0.1) is 12.5 Å². The number of primary amides is 1. The second kappa shape index (κ2) is 17.1. The first-order valence-corrected chi connectivity index (χ1v) is 12.7. The molecule has 0 aliphatic carbocycles. The van der Waals surface area contributed by atoms with E-state index in [9.17, 15) is 29.1 Å². The van der Waals surface area contributed by atoms with Gasteiger partial charge in [0.2, 0.25) is 23.6 Å². The summed E-state index contributed by atoms with van der Waals surface area (Å²) in [5.74, 6) is -4.02. The van der Waals surface area contributed by atoms with E-state index in [1.165, 1.54) is 11.8 Å². The summed E-state index contributed by atoms with van der Waals surface area (Å²) < 4.78 is 0. The molecule has 13 heteroatoms. The number of carboxylic acid groups (broad SMARTS) is 1. The molecule has 0 radical (unpaired) electrons. The summed E-state index contributed by atoms with van der Waals surface area (Å²) in [5.41, 5.74) is 16.6. The predicted octanol–water partition coefficient (Wildman–Crippen LogP) is -1.34. The van der Waals surface area contributed by atoms with Gasteiger partial charge in [-0.3, -0.25) is 19.2 Å². The van der Waals surface area contributed by atoms with Crippen LogP contribution >= 0.6 is 11.8 Å². The maximum absolute atomic E-state index is 12.9. The number of hydrogen-bond acceptors (Lipinski definition) is 8. The van der Waals surface area contributed by atoms with Crippen LogP contribution < -0.4 is 33.2 Å². The van der Waals surface area contributed by atoms with Crippen molar-refractivity contribution in [2.45, 2.75) is 76.5 Å². The Kier molecular flexibility index (Phi) is 15.9. The number of aliphatic carboxylic acids is 1. The maximum atomic E-state index is 12.9. The number of unbranched alkanes of at least 4 members (excludes halogenated alkanes) is 1. The number of hydrogen-bond donors (Lipinski definition) is 7. The molecular weight excluding hydrogens is 464 g/mol. The van der Waals surface area contributed by atoms with Crippen LogP contribution in [0.1, 0.15) is 52.4 Å². The van der Waals surface area contributed by atoms with Crippen molar-refractivity contribution in [1.82, 2.24) is 16.0 Å². The summed E-state index contributed by atoms with van der Waals surface area (Å²) in [6.07, 6.45) is 3.82. The highest BCUT2D eigenvalue weighted by atomic mass is 32.2. The zero-order valence-corrected chi connectivity index (χ0v) is 21.0. The molecule has 5 unspecified atom stereocenters. The van der Waals surface area contributed by atoms with E-state index in [1.54, 1.807) is 13.8 Å². The summed E-state index contributed by atoms with van der Waals surface area (Å²) >= 11 is 1.46. The standard InChI is InChI=1S/C21H40N6O6S/c1-4-12(2)17(21(32)33)27-20(31)15(11-16(24)28)26-19(30)14(8-10-34-3)25-18(29)13(23)7-5-6-9-22/h12-15,17H,4-11,22-23H2,1-3H3,(H2,24,28)(H,25,29)(H,26,30)(H,27,31)(H,32,33). The van der Waals surface area contributed by atoms with Gasteiger partial charge in [-0.2, -0.15) is 11.8 Å². The lowest BCUT2D eigenvalue weighted by Gasteiger charge is -2.26. The summed E-state index contributed by atoms with van der Waals surface area (Å²) in [5, 5.41) is 16.8. The Morgan fingerprint density at radius 3 is 2.03 bits per heavy atom.